The summed E-state index contributed by atoms with van der Waals surface area (Å²) < 4.78 is 6.09. The molecule has 2 aromatic rings. The van der Waals surface area contributed by atoms with Crippen LogP contribution < -0.4 is 10.1 Å². The molecule has 2 rings (SSSR count). The van der Waals surface area contributed by atoms with E-state index in [4.69, 9.17) is 9.94 Å². The number of aromatic nitrogens is 2. The van der Waals surface area contributed by atoms with Gasteiger partial charge in [0.15, 0.2) is 5.75 Å². The molecule has 0 fully saturated rings. The third-order valence-electron chi connectivity index (χ3n) is 3.41. The van der Waals surface area contributed by atoms with Crippen LogP contribution in [0.15, 0.2) is 32.7 Å². The van der Waals surface area contributed by atoms with E-state index in [1.54, 1.807) is 18.6 Å². The third kappa shape index (κ3) is 4.73. The summed E-state index contributed by atoms with van der Waals surface area (Å²) in [5, 5.41) is 25.1. The van der Waals surface area contributed by atoms with Gasteiger partial charge in [-0.05, 0) is 37.9 Å². The Balaban J connectivity index is 2.05. The molecular formula is C15H16Br2N4O4. The number of imidazole rings is 1. The Bertz CT molecular complexity index is 778. The summed E-state index contributed by atoms with van der Waals surface area (Å²) in [7, 11) is 1.47. The second-order valence-electron chi connectivity index (χ2n) is 5.02. The van der Waals surface area contributed by atoms with Crippen LogP contribution in [0.25, 0.3) is 0 Å². The van der Waals surface area contributed by atoms with Gasteiger partial charge >= 0.3 is 0 Å². The summed E-state index contributed by atoms with van der Waals surface area (Å²) in [5.41, 5.74) is 1.16. The fraction of sp³-hybridized carbons (Fsp3) is 0.267. The number of carbonyl (C=O) groups excluding carboxylic acids is 1. The van der Waals surface area contributed by atoms with Gasteiger partial charge in [0.1, 0.15) is 15.9 Å². The standard InChI is InChI=1S/C15H16Br2N4O4/c1-25-14-10(16)4-8(13(22)12(14)17)5-11(21-24)15(23)19-3-2-9-6-18-7-20-9/h4,6-7,22,24H,2-3,5H2,1H3,(H,18,20)(H,19,23). The van der Waals surface area contributed by atoms with Crippen molar-refractivity contribution in [3.05, 3.63) is 38.8 Å². The molecule has 0 atom stereocenters. The number of rotatable bonds is 7. The number of halogens is 2. The third-order valence-corrected chi connectivity index (χ3v) is 4.73. The molecule has 0 radical (unpaired) electrons. The second-order valence-corrected chi connectivity index (χ2v) is 6.67. The van der Waals surface area contributed by atoms with Crippen LogP contribution in [-0.2, 0) is 17.6 Å². The van der Waals surface area contributed by atoms with Gasteiger partial charge in [0.05, 0.1) is 17.9 Å². The number of methoxy groups -OCH3 is 1. The number of H-pyrrole nitrogens is 1. The second kappa shape index (κ2) is 8.86. The van der Waals surface area contributed by atoms with Crippen molar-refractivity contribution < 1.29 is 19.8 Å². The Morgan fingerprint density at radius 1 is 1.48 bits per heavy atom. The summed E-state index contributed by atoms with van der Waals surface area (Å²) in [5.74, 6) is -0.191. The number of phenols is 1. The highest BCUT2D eigenvalue weighted by molar-refractivity contribution is 9.11. The lowest BCUT2D eigenvalue weighted by Gasteiger charge is -2.13. The largest absolute Gasteiger partial charge is 0.506 e. The molecule has 4 N–H and O–H groups in total. The van der Waals surface area contributed by atoms with Crippen molar-refractivity contribution in [1.29, 1.82) is 0 Å². The Labute approximate surface area is 160 Å². The first-order valence-electron chi connectivity index (χ1n) is 7.18. The SMILES string of the molecule is COc1c(Br)cc(CC(=NO)C(=O)NCCc2cnc[nH]2)c(O)c1Br. The van der Waals surface area contributed by atoms with E-state index in [-0.39, 0.29) is 17.9 Å². The number of oxime groups is 1. The maximum absolute atomic E-state index is 12.2. The Morgan fingerprint density at radius 3 is 2.84 bits per heavy atom. The van der Waals surface area contributed by atoms with Gasteiger partial charge in [0.25, 0.3) is 5.91 Å². The van der Waals surface area contributed by atoms with Crippen LogP contribution in [0.2, 0.25) is 0 Å². The molecule has 0 aliphatic carbocycles. The van der Waals surface area contributed by atoms with Crippen LogP contribution in [0, 0.1) is 0 Å². The van der Waals surface area contributed by atoms with E-state index in [0.29, 0.717) is 33.2 Å². The highest BCUT2D eigenvalue weighted by Crippen LogP contribution is 2.42. The summed E-state index contributed by atoms with van der Waals surface area (Å²) in [6.07, 6.45) is 3.73. The fourth-order valence-corrected chi connectivity index (χ4v) is 3.67. The molecule has 0 saturated heterocycles. The first kappa shape index (κ1) is 19.3. The zero-order valence-corrected chi connectivity index (χ0v) is 16.4. The van der Waals surface area contributed by atoms with Crippen molar-refractivity contribution in [2.45, 2.75) is 12.8 Å². The van der Waals surface area contributed by atoms with E-state index in [2.05, 4.69) is 52.3 Å². The number of nitrogens with one attached hydrogen (secondary N) is 2. The van der Waals surface area contributed by atoms with Crippen LogP contribution in [0.5, 0.6) is 11.5 Å². The van der Waals surface area contributed by atoms with Crippen molar-refractivity contribution in [2.24, 2.45) is 5.16 Å². The molecular weight excluding hydrogens is 460 g/mol. The molecule has 1 aromatic heterocycles. The summed E-state index contributed by atoms with van der Waals surface area (Å²) in [6, 6.07) is 1.60. The number of amides is 1. The van der Waals surface area contributed by atoms with E-state index in [9.17, 15) is 9.90 Å². The van der Waals surface area contributed by atoms with Crippen molar-refractivity contribution in [2.75, 3.05) is 13.7 Å². The summed E-state index contributed by atoms with van der Waals surface area (Å²) >= 11 is 6.56. The lowest BCUT2D eigenvalue weighted by molar-refractivity contribution is -0.115. The Kier molecular flexibility index (Phi) is 6.82. The van der Waals surface area contributed by atoms with E-state index < -0.39 is 5.91 Å². The number of nitrogens with zero attached hydrogens (tertiary/aromatic N) is 2. The van der Waals surface area contributed by atoms with Crippen molar-refractivity contribution in [3.8, 4) is 11.5 Å². The van der Waals surface area contributed by atoms with E-state index in [0.717, 1.165) is 5.69 Å². The number of carbonyl (C=O) groups is 1. The Morgan fingerprint density at radius 2 is 2.24 bits per heavy atom. The van der Waals surface area contributed by atoms with Gasteiger partial charge in [-0.25, -0.2) is 4.98 Å². The molecule has 0 spiro atoms. The molecule has 25 heavy (non-hydrogen) atoms. The lowest BCUT2D eigenvalue weighted by atomic mass is 10.1. The van der Waals surface area contributed by atoms with Gasteiger partial charge in [-0.2, -0.15) is 0 Å². The zero-order valence-electron chi connectivity index (χ0n) is 13.2. The van der Waals surface area contributed by atoms with E-state index >= 15 is 0 Å². The molecule has 8 nitrogen and oxygen atoms in total. The monoisotopic (exact) mass is 474 g/mol. The average Bonchev–Trinajstić information content (AvgIpc) is 3.10. The lowest BCUT2D eigenvalue weighted by Crippen LogP contribution is -2.33. The maximum Gasteiger partial charge on any atom is 0.269 e. The molecule has 1 amide bonds. The predicted molar refractivity (Wildman–Crippen MR) is 98.3 cm³/mol. The molecule has 0 bridgehead atoms. The molecule has 134 valence electrons. The molecule has 10 heteroatoms. The van der Waals surface area contributed by atoms with Gasteiger partial charge in [0, 0.05) is 36.8 Å². The topological polar surface area (TPSA) is 120 Å². The van der Waals surface area contributed by atoms with E-state index in [1.165, 1.54) is 7.11 Å². The number of phenolic OH excluding ortho intramolecular Hbond substituents is 1. The normalized spacial score (nSPS) is 11.4. The predicted octanol–water partition coefficient (Wildman–Crippen LogP) is 2.38. The van der Waals surface area contributed by atoms with Gasteiger partial charge in [-0.15, -0.1) is 0 Å². The summed E-state index contributed by atoms with van der Waals surface area (Å²) in [4.78, 5) is 19.0. The van der Waals surface area contributed by atoms with Crippen LogP contribution in [0.1, 0.15) is 11.3 Å². The van der Waals surface area contributed by atoms with Crippen molar-refractivity contribution in [1.82, 2.24) is 15.3 Å². The number of benzene rings is 1. The minimum atomic E-state index is -0.524. The molecule has 0 saturated carbocycles. The quantitative estimate of drug-likeness (QED) is 0.278. The van der Waals surface area contributed by atoms with Gasteiger partial charge in [-0.3, -0.25) is 4.79 Å². The van der Waals surface area contributed by atoms with Crippen LogP contribution in [-0.4, -0.2) is 45.6 Å². The minimum absolute atomic E-state index is 0.0561. The smallest absolute Gasteiger partial charge is 0.269 e. The van der Waals surface area contributed by atoms with Crippen LogP contribution in [0.3, 0.4) is 0 Å². The zero-order chi connectivity index (χ0) is 18.4. The maximum atomic E-state index is 12.2. The van der Waals surface area contributed by atoms with Crippen molar-refractivity contribution >= 4 is 43.5 Å². The van der Waals surface area contributed by atoms with Crippen LogP contribution >= 0.6 is 31.9 Å². The molecule has 0 aliphatic rings. The Hall–Kier alpha value is -2.07. The van der Waals surface area contributed by atoms with Crippen molar-refractivity contribution in [3.63, 3.8) is 0 Å². The summed E-state index contributed by atoms with van der Waals surface area (Å²) in [6.45, 7) is 0.349. The average molecular weight is 476 g/mol. The van der Waals surface area contributed by atoms with Crippen LogP contribution in [0.4, 0.5) is 0 Å². The molecule has 1 heterocycles. The molecule has 0 unspecified atom stereocenters. The number of aromatic amines is 1. The fourth-order valence-electron chi connectivity index (χ4n) is 2.14. The van der Waals surface area contributed by atoms with Gasteiger partial charge in [-0.1, -0.05) is 5.16 Å². The number of aromatic hydroxyl groups is 1. The highest BCUT2D eigenvalue weighted by atomic mass is 79.9. The number of hydrogen-bond acceptors (Lipinski definition) is 6. The van der Waals surface area contributed by atoms with Gasteiger partial charge in [0.2, 0.25) is 0 Å². The minimum Gasteiger partial charge on any atom is -0.506 e. The number of hydrogen-bond donors (Lipinski definition) is 4. The van der Waals surface area contributed by atoms with Gasteiger partial charge < -0.3 is 25.4 Å². The van der Waals surface area contributed by atoms with E-state index in [1.807, 2.05) is 0 Å². The number of ether oxygens (including phenoxy) is 1. The molecule has 0 aliphatic heterocycles. The first-order chi connectivity index (χ1) is 12.0. The molecule has 1 aromatic carbocycles. The highest BCUT2D eigenvalue weighted by Gasteiger charge is 2.20. The first-order valence-corrected chi connectivity index (χ1v) is 8.76.